The average Bonchev–Trinajstić information content (AvgIpc) is 2.70. The predicted octanol–water partition coefficient (Wildman–Crippen LogP) is 7.00. The summed E-state index contributed by atoms with van der Waals surface area (Å²) in [5.41, 5.74) is 4.77. The Hall–Kier alpha value is -2.21. The lowest BCUT2D eigenvalue weighted by Gasteiger charge is -2.13. The molecule has 0 saturated heterocycles. The van der Waals surface area contributed by atoms with Gasteiger partial charge in [-0.15, -0.1) is 0 Å². The van der Waals surface area contributed by atoms with Gasteiger partial charge < -0.3 is 15.4 Å². The first-order valence-electron chi connectivity index (χ1n) is 9.29. The lowest BCUT2D eigenvalue weighted by molar-refractivity contribution is -0.118. The highest BCUT2D eigenvalue weighted by atomic mass is 79.9. The lowest BCUT2D eigenvalue weighted by atomic mass is 10.1. The fourth-order valence-electron chi connectivity index (χ4n) is 2.76. The third kappa shape index (κ3) is 6.14. The number of benzene rings is 3. The molecular weight excluding hydrogens is 487 g/mol. The maximum atomic E-state index is 12.2. The molecule has 0 spiro atoms. The van der Waals surface area contributed by atoms with Crippen molar-refractivity contribution in [1.29, 1.82) is 0 Å². The lowest BCUT2D eigenvalue weighted by Crippen LogP contribution is -2.20. The summed E-state index contributed by atoms with van der Waals surface area (Å²) in [6, 6.07) is 16.9. The molecule has 0 aliphatic heterocycles. The van der Waals surface area contributed by atoms with Crippen LogP contribution in [0.3, 0.4) is 0 Å². The van der Waals surface area contributed by atoms with Gasteiger partial charge in [-0.2, -0.15) is 0 Å². The molecule has 30 heavy (non-hydrogen) atoms. The zero-order valence-electron chi connectivity index (χ0n) is 16.6. The van der Waals surface area contributed by atoms with Crippen molar-refractivity contribution in [2.24, 2.45) is 0 Å². The summed E-state index contributed by atoms with van der Waals surface area (Å²) in [7, 11) is 0. The van der Waals surface area contributed by atoms with Crippen LogP contribution in [-0.4, -0.2) is 12.5 Å². The smallest absolute Gasteiger partial charge is 0.262 e. The predicted molar refractivity (Wildman–Crippen MR) is 128 cm³/mol. The molecule has 3 aromatic rings. The van der Waals surface area contributed by atoms with Crippen LogP contribution in [0, 0.1) is 13.8 Å². The third-order valence-electron chi connectivity index (χ3n) is 4.49. The molecule has 0 radical (unpaired) electrons. The maximum Gasteiger partial charge on any atom is 0.262 e. The van der Waals surface area contributed by atoms with Gasteiger partial charge in [0, 0.05) is 28.0 Å². The highest BCUT2D eigenvalue weighted by Crippen LogP contribution is 2.27. The van der Waals surface area contributed by atoms with Crippen molar-refractivity contribution in [2.45, 2.75) is 20.4 Å². The molecule has 0 aliphatic carbocycles. The van der Waals surface area contributed by atoms with Crippen LogP contribution in [0.2, 0.25) is 10.0 Å². The molecule has 7 heteroatoms. The zero-order chi connectivity index (χ0) is 21.7. The van der Waals surface area contributed by atoms with E-state index in [1.807, 2.05) is 56.3 Å². The second kappa shape index (κ2) is 10.2. The molecule has 3 rings (SSSR count). The molecule has 4 nitrogen and oxygen atoms in total. The summed E-state index contributed by atoms with van der Waals surface area (Å²) in [6.45, 7) is 4.46. The van der Waals surface area contributed by atoms with Crippen LogP contribution < -0.4 is 15.4 Å². The molecule has 0 saturated carbocycles. The Labute approximate surface area is 194 Å². The largest absolute Gasteiger partial charge is 0.483 e. The zero-order valence-corrected chi connectivity index (χ0v) is 19.7. The molecular formula is C23H21BrCl2N2O2. The van der Waals surface area contributed by atoms with Crippen molar-refractivity contribution in [2.75, 3.05) is 17.2 Å². The van der Waals surface area contributed by atoms with Gasteiger partial charge in [0.1, 0.15) is 5.75 Å². The summed E-state index contributed by atoms with van der Waals surface area (Å²) < 4.78 is 6.42. The van der Waals surface area contributed by atoms with Gasteiger partial charge in [0.2, 0.25) is 0 Å². The monoisotopic (exact) mass is 506 g/mol. The van der Waals surface area contributed by atoms with Crippen molar-refractivity contribution in [3.8, 4) is 5.75 Å². The highest BCUT2D eigenvalue weighted by Gasteiger charge is 2.08. The standard InChI is InChI=1S/C23H21BrCl2N2O2/c1-14-4-7-18(11-20(14)26)28-23(29)13-30-22-8-5-16(9-19(22)24)12-27-21-10-17(25)6-3-15(21)2/h3-11,27H,12-13H2,1-2H3,(H,28,29). The van der Waals surface area contributed by atoms with Gasteiger partial charge in [0.05, 0.1) is 4.47 Å². The minimum absolute atomic E-state index is 0.108. The molecule has 0 aromatic heterocycles. The van der Waals surface area contributed by atoms with E-state index in [9.17, 15) is 4.79 Å². The molecule has 0 bridgehead atoms. The fraction of sp³-hybridized carbons (Fsp3) is 0.174. The number of carbonyl (C=O) groups is 1. The Morgan fingerprint density at radius 3 is 2.50 bits per heavy atom. The Balaban J connectivity index is 1.55. The van der Waals surface area contributed by atoms with Crippen molar-refractivity contribution < 1.29 is 9.53 Å². The first-order valence-corrected chi connectivity index (χ1v) is 10.8. The highest BCUT2D eigenvalue weighted by molar-refractivity contribution is 9.10. The molecule has 2 N–H and O–H groups in total. The number of amides is 1. The van der Waals surface area contributed by atoms with E-state index in [2.05, 4.69) is 26.6 Å². The summed E-state index contributed by atoms with van der Waals surface area (Å²) in [5, 5.41) is 7.46. The fourth-order valence-corrected chi connectivity index (χ4v) is 3.66. The summed E-state index contributed by atoms with van der Waals surface area (Å²) in [5.74, 6) is 0.332. The summed E-state index contributed by atoms with van der Waals surface area (Å²) in [4.78, 5) is 12.2. The molecule has 156 valence electrons. The number of ether oxygens (including phenoxy) is 1. The number of hydrogen-bond acceptors (Lipinski definition) is 3. The number of carbonyl (C=O) groups excluding carboxylic acids is 1. The first kappa shape index (κ1) is 22.5. The van der Waals surface area contributed by atoms with Crippen molar-refractivity contribution in [3.05, 3.63) is 85.8 Å². The van der Waals surface area contributed by atoms with E-state index in [-0.39, 0.29) is 12.5 Å². The van der Waals surface area contributed by atoms with E-state index in [1.165, 1.54) is 0 Å². The summed E-state index contributed by atoms with van der Waals surface area (Å²) in [6.07, 6.45) is 0. The van der Waals surface area contributed by atoms with E-state index >= 15 is 0 Å². The minimum Gasteiger partial charge on any atom is -0.483 e. The number of aryl methyl sites for hydroxylation is 2. The SMILES string of the molecule is Cc1ccc(NC(=O)COc2ccc(CNc3cc(Cl)ccc3C)cc2Br)cc1Cl. The molecule has 3 aromatic carbocycles. The van der Waals surface area contributed by atoms with E-state index in [4.69, 9.17) is 27.9 Å². The van der Waals surface area contributed by atoms with Crippen LogP contribution in [0.25, 0.3) is 0 Å². The number of nitrogens with one attached hydrogen (secondary N) is 2. The van der Waals surface area contributed by atoms with E-state index < -0.39 is 0 Å². The van der Waals surface area contributed by atoms with Crippen molar-refractivity contribution in [1.82, 2.24) is 0 Å². The second-order valence-electron chi connectivity index (χ2n) is 6.88. The maximum absolute atomic E-state index is 12.2. The molecule has 0 fully saturated rings. The van der Waals surface area contributed by atoms with Crippen LogP contribution in [0.4, 0.5) is 11.4 Å². The first-order chi connectivity index (χ1) is 14.3. The van der Waals surface area contributed by atoms with E-state index in [1.54, 1.807) is 12.1 Å². The van der Waals surface area contributed by atoms with Crippen LogP contribution in [0.15, 0.2) is 59.1 Å². The van der Waals surface area contributed by atoms with Crippen LogP contribution >= 0.6 is 39.1 Å². The topological polar surface area (TPSA) is 50.4 Å². The molecule has 0 atom stereocenters. The Morgan fingerprint density at radius 1 is 1.00 bits per heavy atom. The van der Waals surface area contributed by atoms with Gasteiger partial charge in [-0.3, -0.25) is 4.79 Å². The number of hydrogen-bond donors (Lipinski definition) is 2. The van der Waals surface area contributed by atoms with Crippen molar-refractivity contribution in [3.63, 3.8) is 0 Å². The van der Waals surface area contributed by atoms with Gasteiger partial charge in [-0.05, 0) is 82.9 Å². The average molecular weight is 508 g/mol. The van der Waals surface area contributed by atoms with Gasteiger partial charge in [0.25, 0.3) is 5.91 Å². The van der Waals surface area contributed by atoms with Gasteiger partial charge in [-0.25, -0.2) is 0 Å². The minimum atomic E-state index is -0.260. The molecule has 0 aliphatic rings. The second-order valence-corrected chi connectivity index (χ2v) is 8.58. The molecule has 1 amide bonds. The Morgan fingerprint density at radius 2 is 1.77 bits per heavy atom. The van der Waals surface area contributed by atoms with Crippen LogP contribution in [-0.2, 0) is 11.3 Å². The number of rotatable bonds is 7. The van der Waals surface area contributed by atoms with Crippen LogP contribution in [0.5, 0.6) is 5.75 Å². The molecule has 0 unspecified atom stereocenters. The number of halogens is 3. The van der Waals surface area contributed by atoms with Crippen LogP contribution in [0.1, 0.15) is 16.7 Å². The third-order valence-corrected chi connectivity index (χ3v) is 5.76. The van der Waals surface area contributed by atoms with Gasteiger partial charge in [0.15, 0.2) is 6.61 Å². The summed E-state index contributed by atoms with van der Waals surface area (Å²) >= 11 is 15.7. The van der Waals surface area contributed by atoms with Gasteiger partial charge >= 0.3 is 0 Å². The Bertz CT molecular complexity index is 1070. The van der Waals surface area contributed by atoms with Gasteiger partial charge in [-0.1, -0.05) is 41.4 Å². The molecule has 0 heterocycles. The normalized spacial score (nSPS) is 10.6. The van der Waals surface area contributed by atoms with E-state index in [0.29, 0.717) is 28.0 Å². The Kier molecular flexibility index (Phi) is 7.64. The number of anilines is 2. The van der Waals surface area contributed by atoms with E-state index in [0.717, 1.165) is 26.9 Å². The quantitative estimate of drug-likeness (QED) is 0.362. The van der Waals surface area contributed by atoms with Crippen molar-refractivity contribution >= 4 is 56.4 Å².